The first-order valence-electron chi connectivity index (χ1n) is 11.2. The first-order chi connectivity index (χ1) is 17.1. The SMILES string of the molecule is COC(=O)CC(c1ccc(O)cc1)c1cccs1.Cc1ccc(C=C2C(=O)OC(C)(C)OC2=O)cc1. The third-order valence-electron chi connectivity index (χ3n) is 5.29. The van der Waals surface area contributed by atoms with E-state index < -0.39 is 17.7 Å². The number of esters is 3. The van der Waals surface area contributed by atoms with Crippen LogP contribution in [-0.2, 0) is 28.6 Å². The van der Waals surface area contributed by atoms with Gasteiger partial charge in [0.25, 0.3) is 5.79 Å². The van der Waals surface area contributed by atoms with E-state index in [-0.39, 0.29) is 23.2 Å². The van der Waals surface area contributed by atoms with Gasteiger partial charge < -0.3 is 19.3 Å². The molecule has 2 heterocycles. The highest BCUT2D eigenvalue weighted by Gasteiger charge is 2.38. The van der Waals surface area contributed by atoms with E-state index in [1.54, 1.807) is 23.5 Å². The maximum atomic E-state index is 11.7. The lowest BCUT2D eigenvalue weighted by molar-refractivity contribution is -0.222. The molecule has 8 heteroatoms. The van der Waals surface area contributed by atoms with Crippen LogP contribution in [0.3, 0.4) is 0 Å². The van der Waals surface area contributed by atoms with Crippen molar-refractivity contribution in [3.05, 3.63) is 93.2 Å². The summed E-state index contributed by atoms with van der Waals surface area (Å²) in [5.74, 6) is -2.53. The van der Waals surface area contributed by atoms with E-state index in [2.05, 4.69) is 0 Å². The number of phenols is 1. The molecule has 36 heavy (non-hydrogen) atoms. The molecule has 0 spiro atoms. The molecule has 1 unspecified atom stereocenters. The number of phenolic OH excluding ortho intramolecular Hbond substituents is 1. The van der Waals surface area contributed by atoms with Crippen LogP contribution in [0.2, 0.25) is 0 Å². The third-order valence-corrected chi connectivity index (χ3v) is 6.27. The summed E-state index contributed by atoms with van der Waals surface area (Å²) in [6, 6.07) is 18.3. The number of thiophene rings is 1. The fraction of sp³-hybridized carbons (Fsp3) is 0.250. The smallest absolute Gasteiger partial charge is 0.348 e. The van der Waals surface area contributed by atoms with Gasteiger partial charge in [0.2, 0.25) is 0 Å². The number of aromatic hydroxyl groups is 1. The van der Waals surface area contributed by atoms with Gasteiger partial charge in [0.1, 0.15) is 11.3 Å². The van der Waals surface area contributed by atoms with E-state index in [0.717, 1.165) is 21.6 Å². The fourth-order valence-electron chi connectivity index (χ4n) is 3.44. The normalized spacial score (nSPS) is 15.1. The summed E-state index contributed by atoms with van der Waals surface area (Å²) in [6.07, 6.45) is 1.78. The van der Waals surface area contributed by atoms with Gasteiger partial charge in [-0.25, -0.2) is 9.59 Å². The summed E-state index contributed by atoms with van der Waals surface area (Å²) >= 11 is 1.61. The highest BCUT2D eigenvalue weighted by Crippen LogP contribution is 2.32. The van der Waals surface area contributed by atoms with Crippen molar-refractivity contribution in [1.29, 1.82) is 0 Å². The Hall–Kier alpha value is -3.91. The summed E-state index contributed by atoms with van der Waals surface area (Å²) in [4.78, 5) is 36.0. The average molecular weight is 509 g/mol. The van der Waals surface area contributed by atoms with E-state index in [4.69, 9.17) is 14.2 Å². The summed E-state index contributed by atoms with van der Waals surface area (Å²) < 4.78 is 14.7. The van der Waals surface area contributed by atoms with Gasteiger partial charge in [-0.2, -0.15) is 0 Å². The number of ether oxygens (including phenoxy) is 3. The number of carbonyl (C=O) groups is 3. The van der Waals surface area contributed by atoms with Crippen molar-refractivity contribution in [3.63, 3.8) is 0 Å². The topological polar surface area (TPSA) is 99.1 Å². The molecule has 1 aromatic heterocycles. The maximum Gasteiger partial charge on any atom is 0.348 e. The largest absolute Gasteiger partial charge is 0.508 e. The van der Waals surface area contributed by atoms with Gasteiger partial charge in [-0.05, 0) is 47.7 Å². The fourth-order valence-corrected chi connectivity index (χ4v) is 4.29. The standard InChI is InChI=1S/C14H14O4.C14H14O3S/c1-9-4-6-10(7-5-9)8-11-12(15)17-14(2,3)18-13(11)16;1-17-14(16)9-12(13-3-2-8-18-13)10-4-6-11(15)7-5-10/h4-8H,1-3H3;2-8,12,15H,9H2,1H3. The van der Waals surface area contributed by atoms with Crippen molar-refractivity contribution >= 4 is 35.3 Å². The molecule has 3 aromatic rings. The van der Waals surface area contributed by atoms with Gasteiger partial charge >= 0.3 is 17.9 Å². The molecule has 0 saturated carbocycles. The number of rotatable bonds is 5. The van der Waals surface area contributed by atoms with E-state index in [1.807, 2.05) is 60.8 Å². The molecule has 7 nitrogen and oxygen atoms in total. The van der Waals surface area contributed by atoms with Crippen molar-refractivity contribution in [2.75, 3.05) is 7.11 Å². The van der Waals surface area contributed by atoms with Gasteiger partial charge in [0, 0.05) is 24.6 Å². The Balaban J connectivity index is 0.000000201. The molecule has 2 aromatic carbocycles. The molecule has 1 N–H and O–H groups in total. The zero-order valence-electron chi connectivity index (χ0n) is 20.5. The second-order valence-electron chi connectivity index (χ2n) is 8.59. The Morgan fingerprint density at radius 2 is 1.64 bits per heavy atom. The molecule has 1 fully saturated rings. The van der Waals surface area contributed by atoms with Crippen LogP contribution in [0.4, 0.5) is 0 Å². The minimum atomic E-state index is -1.20. The molecule has 1 aliphatic heterocycles. The monoisotopic (exact) mass is 508 g/mol. The molecule has 1 aliphatic rings. The molecule has 1 saturated heterocycles. The molecule has 0 amide bonds. The maximum absolute atomic E-state index is 11.7. The minimum Gasteiger partial charge on any atom is -0.508 e. The lowest BCUT2D eigenvalue weighted by Crippen LogP contribution is -2.41. The number of hydrogen-bond donors (Lipinski definition) is 1. The van der Waals surface area contributed by atoms with Gasteiger partial charge in [0.15, 0.2) is 0 Å². The van der Waals surface area contributed by atoms with Crippen molar-refractivity contribution < 1.29 is 33.7 Å². The average Bonchev–Trinajstić information content (AvgIpc) is 3.36. The predicted octanol–water partition coefficient (Wildman–Crippen LogP) is 5.36. The first kappa shape index (κ1) is 26.7. The second-order valence-corrected chi connectivity index (χ2v) is 9.57. The van der Waals surface area contributed by atoms with Crippen LogP contribution in [0.5, 0.6) is 5.75 Å². The number of cyclic esters (lactones) is 2. The van der Waals surface area contributed by atoms with Crippen molar-refractivity contribution in [3.8, 4) is 5.75 Å². The predicted molar refractivity (Wildman–Crippen MR) is 136 cm³/mol. The Morgan fingerprint density at radius 3 is 2.17 bits per heavy atom. The van der Waals surface area contributed by atoms with E-state index >= 15 is 0 Å². The van der Waals surface area contributed by atoms with Crippen LogP contribution in [0.15, 0.2) is 71.6 Å². The van der Waals surface area contributed by atoms with Crippen molar-refractivity contribution in [1.82, 2.24) is 0 Å². The zero-order chi connectivity index (χ0) is 26.3. The van der Waals surface area contributed by atoms with Gasteiger partial charge in [0.05, 0.1) is 13.5 Å². The molecular weight excluding hydrogens is 480 g/mol. The molecule has 0 radical (unpaired) electrons. The summed E-state index contributed by atoms with van der Waals surface area (Å²) in [7, 11) is 1.39. The van der Waals surface area contributed by atoms with Crippen LogP contribution < -0.4 is 0 Å². The van der Waals surface area contributed by atoms with Crippen LogP contribution in [0.1, 0.15) is 47.8 Å². The molecule has 0 bridgehead atoms. The Morgan fingerprint density at radius 1 is 1.03 bits per heavy atom. The Labute approximate surface area is 213 Å². The number of benzene rings is 2. The second kappa shape index (κ2) is 11.7. The van der Waals surface area contributed by atoms with E-state index in [9.17, 15) is 19.5 Å². The molecule has 188 valence electrons. The summed E-state index contributed by atoms with van der Waals surface area (Å²) in [6.45, 7) is 5.00. The summed E-state index contributed by atoms with van der Waals surface area (Å²) in [5, 5.41) is 11.3. The lowest BCUT2D eigenvalue weighted by Gasteiger charge is -2.29. The number of carbonyl (C=O) groups excluding carboxylic acids is 3. The highest BCUT2D eigenvalue weighted by atomic mass is 32.1. The number of methoxy groups -OCH3 is 1. The molecule has 0 aliphatic carbocycles. The van der Waals surface area contributed by atoms with Crippen LogP contribution in [0.25, 0.3) is 6.08 Å². The molecule has 4 rings (SSSR count). The quantitative estimate of drug-likeness (QED) is 0.281. The third kappa shape index (κ3) is 7.29. The highest BCUT2D eigenvalue weighted by molar-refractivity contribution is 7.10. The summed E-state index contributed by atoms with van der Waals surface area (Å²) in [5.41, 5.74) is 2.77. The number of hydrogen-bond acceptors (Lipinski definition) is 8. The Bertz CT molecular complexity index is 1200. The van der Waals surface area contributed by atoms with E-state index in [0.29, 0.717) is 6.42 Å². The van der Waals surface area contributed by atoms with Gasteiger partial charge in [-0.3, -0.25) is 4.79 Å². The molecular formula is C28H28O7S. The lowest BCUT2D eigenvalue weighted by atomic mass is 9.94. The van der Waals surface area contributed by atoms with Crippen molar-refractivity contribution in [2.24, 2.45) is 0 Å². The number of aryl methyl sites for hydroxylation is 1. The van der Waals surface area contributed by atoms with E-state index in [1.165, 1.54) is 27.0 Å². The van der Waals surface area contributed by atoms with Gasteiger partial charge in [-0.1, -0.05) is 48.0 Å². The minimum absolute atomic E-state index is 0.0157. The van der Waals surface area contributed by atoms with Crippen LogP contribution in [-0.4, -0.2) is 35.9 Å². The Kier molecular flexibility index (Phi) is 8.66. The zero-order valence-corrected chi connectivity index (χ0v) is 21.3. The van der Waals surface area contributed by atoms with Crippen LogP contribution in [0, 0.1) is 6.92 Å². The van der Waals surface area contributed by atoms with Gasteiger partial charge in [-0.15, -0.1) is 11.3 Å². The van der Waals surface area contributed by atoms with Crippen LogP contribution >= 0.6 is 11.3 Å². The van der Waals surface area contributed by atoms with Crippen molar-refractivity contribution in [2.45, 2.75) is 38.9 Å². The first-order valence-corrected chi connectivity index (χ1v) is 12.1. The molecule has 1 atom stereocenters.